The minimum Gasteiger partial charge on any atom is -0.453 e. The average Bonchev–Trinajstić information content (AvgIpc) is 2.17. The third-order valence-electron chi connectivity index (χ3n) is 2.59. The van der Waals surface area contributed by atoms with E-state index in [-0.39, 0.29) is 6.09 Å². The lowest BCUT2D eigenvalue weighted by Gasteiger charge is -2.29. The van der Waals surface area contributed by atoms with Gasteiger partial charge < -0.3 is 9.64 Å². The van der Waals surface area contributed by atoms with Gasteiger partial charge >= 0.3 is 6.09 Å². The number of carbonyl (C=O) groups is 1. The molecule has 0 atom stereocenters. The predicted molar refractivity (Wildman–Crippen MR) is 47.0 cm³/mol. The molecule has 70 valence electrons. The molecule has 1 aliphatic carbocycles. The van der Waals surface area contributed by atoms with Crippen LogP contribution >= 0.6 is 0 Å². The Bertz CT molecular complexity index is 153. The first kappa shape index (κ1) is 9.36. The molecular formula is C9H17NO2. The highest BCUT2D eigenvalue weighted by molar-refractivity contribution is 5.67. The number of hydrogen-bond donors (Lipinski definition) is 0. The molecule has 0 aromatic carbocycles. The first-order chi connectivity index (χ1) is 5.75. The van der Waals surface area contributed by atoms with Crippen LogP contribution in [0.3, 0.4) is 0 Å². The van der Waals surface area contributed by atoms with Crippen LogP contribution in [0.25, 0.3) is 0 Å². The van der Waals surface area contributed by atoms with Gasteiger partial charge in [-0.1, -0.05) is 19.3 Å². The topological polar surface area (TPSA) is 29.5 Å². The molecular weight excluding hydrogens is 154 g/mol. The van der Waals surface area contributed by atoms with Crippen molar-refractivity contribution in [1.29, 1.82) is 0 Å². The summed E-state index contributed by atoms with van der Waals surface area (Å²) in [5.74, 6) is 0. The Hall–Kier alpha value is -0.730. The van der Waals surface area contributed by atoms with Gasteiger partial charge in [0.05, 0.1) is 7.11 Å². The zero-order chi connectivity index (χ0) is 8.97. The second-order valence-electron chi connectivity index (χ2n) is 3.37. The summed E-state index contributed by atoms with van der Waals surface area (Å²) in [5, 5.41) is 0. The summed E-state index contributed by atoms with van der Waals surface area (Å²) in [6, 6.07) is 0.409. The van der Waals surface area contributed by atoms with Gasteiger partial charge in [0.2, 0.25) is 0 Å². The summed E-state index contributed by atoms with van der Waals surface area (Å²) in [6.07, 6.45) is 5.85. The number of ether oxygens (including phenoxy) is 1. The molecule has 1 saturated carbocycles. The van der Waals surface area contributed by atoms with Gasteiger partial charge in [0.1, 0.15) is 0 Å². The first-order valence-electron chi connectivity index (χ1n) is 4.56. The first-order valence-corrected chi connectivity index (χ1v) is 4.56. The van der Waals surface area contributed by atoms with E-state index in [9.17, 15) is 4.79 Å². The van der Waals surface area contributed by atoms with Crippen molar-refractivity contribution in [2.45, 2.75) is 38.1 Å². The quantitative estimate of drug-likeness (QED) is 0.604. The Morgan fingerprint density at radius 2 is 1.92 bits per heavy atom. The highest BCUT2D eigenvalue weighted by atomic mass is 16.5. The van der Waals surface area contributed by atoms with E-state index < -0.39 is 0 Å². The smallest absolute Gasteiger partial charge is 0.409 e. The number of nitrogens with zero attached hydrogens (tertiary/aromatic N) is 1. The van der Waals surface area contributed by atoms with Crippen LogP contribution in [-0.4, -0.2) is 31.2 Å². The predicted octanol–water partition coefficient (Wildman–Crippen LogP) is 2.02. The summed E-state index contributed by atoms with van der Waals surface area (Å²) in [7, 11) is 3.25. The zero-order valence-electron chi connectivity index (χ0n) is 7.88. The highest BCUT2D eigenvalue weighted by Gasteiger charge is 2.21. The number of hydrogen-bond acceptors (Lipinski definition) is 2. The SMILES string of the molecule is COC(=O)N(C)C1CCCCC1. The lowest BCUT2D eigenvalue weighted by atomic mass is 9.95. The van der Waals surface area contributed by atoms with E-state index in [2.05, 4.69) is 4.74 Å². The molecule has 0 heterocycles. The van der Waals surface area contributed by atoms with Crippen LogP contribution in [0.15, 0.2) is 0 Å². The average molecular weight is 171 g/mol. The van der Waals surface area contributed by atoms with Crippen molar-refractivity contribution in [3.63, 3.8) is 0 Å². The van der Waals surface area contributed by atoms with E-state index in [1.165, 1.54) is 26.4 Å². The van der Waals surface area contributed by atoms with Gasteiger partial charge in [-0.2, -0.15) is 0 Å². The fourth-order valence-electron chi connectivity index (χ4n) is 1.76. The van der Waals surface area contributed by atoms with E-state index in [0.717, 1.165) is 12.8 Å². The lowest BCUT2D eigenvalue weighted by molar-refractivity contribution is 0.108. The number of amides is 1. The van der Waals surface area contributed by atoms with Gasteiger partial charge in [-0.15, -0.1) is 0 Å². The molecule has 3 heteroatoms. The fraction of sp³-hybridized carbons (Fsp3) is 0.889. The van der Waals surface area contributed by atoms with Gasteiger partial charge in [0, 0.05) is 13.1 Å². The normalized spacial score (nSPS) is 18.8. The van der Waals surface area contributed by atoms with Crippen molar-refractivity contribution in [2.75, 3.05) is 14.2 Å². The van der Waals surface area contributed by atoms with E-state index >= 15 is 0 Å². The van der Waals surface area contributed by atoms with Crippen molar-refractivity contribution in [3.8, 4) is 0 Å². The van der Waals surface area contributed by atoms with Crippen LogP contribution in [-0.2, 0) is 4.74 Å². The summed E-state index contributed by atoms with van der Waals surface area (Å²) >= 11 is 0. The van der Waals surface area contributed by atoms with Crippen molar-refractivity contribution in [2.24, 2.45) is 0 Å². The molecule has 1 fully saturated rings. The molecule has 1 rings (SSSR count). The van der Waals surface area contributed by atoms with E-state index in [1.54, 1.807) is 4.90 Å². The molecule has 0 saturated heterocycles. The van der Waals surface area contributed by atoms with Crippen molar-refractivity contribution in [1.82, 2.24) is 4.90 Å². The Kier molecular flexibility index (Phi) is 3.38. The van der Waals surface area contributed by atoms with Gasteiger partial charge in [0.25, 0.3) is 0 Å². The van der Waals surface area contributed by atoms with Crippen molar-refractivity contribution in [3.05, 3.63) is 0 Å². The molecule has 1 amide bonds. The van der Waals surface area contributed by atoms with Crippen LogP contribution in [0.5, 0.6) is 0 Å². The maximum absolute atomic E-state index is 11.1. The standard InChI is InChI=1S/C9H17NO2/c1-10(9(11)12-2)8-6-4-3-5-7-8/h8H,3-7H2,1-2H3. The van der Waals surface area contributed by atoms with Gasteiger partial charge in [-0.05, 0) is 12.8 Å². The third kappa shape index (κ3) is 2.13. The molecule has 0 radical (unpaired) electrons. The molecule has 0 N–H and O–H groups in total. The molecule has 0 unspecified atom stereocenters. The van der Waals surface area contributed by atoms with Crippen LogP contribution < -0.4 is 0 Å². The second kappa shape index (κ2) is 4.33. The minimum atomic E-state index is -0.207. The largest absolute Gasteiger partial charge is 0.453 e. The molecule has 12 heavy (non-hydrogen) atoms. The molecule has 0 bridgehead atoms. The summed E-state index contributed by atoms with van der Waals surface area (Å²) in [4.78, 5) is 12.8. The Balaban J connectivity index is 2.39. The minimum absolute atomic E-state index is 0.207. The van der Waals surface area contributed by atoms with Gasteiger partial charge in [0.15, 0.2) is 0 Å². The molecule has 1 aliphatic rings. The number of carbonyl (C=O) groups excluding carboxylic acids is 1. The monoisotopic (exact) mass is 171 g/mol. The molecule has 0 spiro atoms. The highest BCUT2D eigenvalue weighted by Crippen LogP contribution is 2.21. The van der Waals surface area contributed by atoms with Gasteiger partial charge in [-0.3, -0.25) is 0 Å². The Morgan fingerprint density at radius 1 is 1.33 bits per heavy atom. The Labute approximate surface area is 73.7 Å². The maximum Gasteiger partial charge on any atom is 0.409 e. The van der Waals surface area contributed by atoms with Crippen molar-refractivity contribution < 1.29 is 9.53 Å². The lowest BCUT2D eigenvalue weighted by Crippen LogP contribution is -2.38. The second-order valence-corrected chi connectivity index (χ2v) is 3.37. The van der Waals surface area contributed by atoms with Crippen LogP contribution in [0, 0.1) is 0 Å². The zero-order valence-corrected chi connectivity index (χ0v) is 7.88. The maximum atomic E-state index is 11.1. The van der Waals surface area contributed by atoms with Crippen LogP contribution in [0.4, 0.5) is 4.79 Å². The van der Waals surface area contributed by atoms with Crippen molar-refractivity contribution >= 4 is 6.09 Å². The fourth-order valence-corrected chi connectivity index (χ4v) is 1.76. The molecule has 0 aromatic rings. The van der Waals surface area contributed by atoms with Crippen LogP contribution in [0.1, 0.15) is 32.1 Å². The van der Waals surface area contributed by atoms with E-state index in [0.29, 0.717) is 6.04 Å². The third-order valence-corrected chi connectivity index (χ3v) is 2.59. The van der Waals surface area contributed by atoms with Gasteiger partial charge in [-0.25, -0.2) is 4.79 Å². The van der Waals surface area contributed by atoms with Crippen LogP contribution in [0.2, 0.25) is 0 Å². The summed E-state index contributed by atoms with van der Waals surface area (Å²) in [5.41, 5.74) is 0. The molecule has 3 nitrogen and oxygen atoms in total. The Morgan fingerprint density at radius 3 is 2.42 bits per heavy atom. The van der Waals surface area contributed by atoms with E-state index in [4.69, 9.17) is 0 Å². The number of methoxy groups -OCH3 is 1. The number of rotatable bonds is 1. The summed E-state index contributed by atoms with van der Waals surface area (Å²) in [6.45, 7) is 0. The summed E-state index contributed by atoms with van der Waals surface area (Å²) < 4.78 is 4.65. The molecule has 0 aliphatic heterocycles. The van der Waals surface area contributed by atoms with E-state index in [1.807, 2.05) is 7.05 Å². The molecule has 0 aromatic heterocycles.